The van der Waals surface area contributed by atoms with Crippen molar-refractivity contribution in [1.82, 2.24) is 9.62 Å². The first-order valence-corrected chi connectivity index (χ1v) is 9.79. The third kappa shape index (κ3) is 4.18. The maximum Gasteiger partial charge on any atom is 0.246 e. The molecule has 1 aliphatic heterocycles. The van der Waals surface area contributed by atoms with Crippen LogP contribution in [0.3, 0.4) is 0 Å². The molecule has 0 aliphatic carbocycles. The smallest absolute Gasteiger partial charge is 0.246 e. The lowest BCUT2D eigenvalue weighted by atomic mass is 9.97. The Morgan fingerprint density at radius 1 is 1.26 bits per heavy atom. The monoisotopic (exact) mass is 378 g/mol. The lowest BCUT2D eigenvalue weighted by Crippen LogP contribution is -2.43. The number of carbonyl (C=O) groups is 1. The van der Waals surface area contributed by atoms with Gasteiger partial charge in [0, 0.05) is 25.6 Å². The molecule has 1 saturated heterocycles. The van der Waals surface area contributed by atoms with Gasteiger partial charge in [-0.05, 0) is 31.4 Å². The van der Waals surface area contributed by atoms with E-state index in [9.17, 15) is 13.2 Å². The fourth-order valence-corrected chi connectivity index (χ4v) is 5.17. The van der Waals surface area contributed by atoms with Gasteiger partial charge in [-0.3, -0.25) is 4.79 Å². The van der Waals surface area contributed by atoms with Gasteiger partial charge >= 0.3 is 0 Å². The van der Waals surface area contributed by atoms with E-state index in [4.69, 9.17) is 23.2 Å². The molecule has 23 heavy (non-hydrogen) atoms. The van der Waals surface area contributed by atoms with E-state index in [-0.39, 0.29) is 39.9 Å². The second-order valence-corrected chi connectivity index (χ2v) is 8.21. The van der Waals surface area contributed by atoms with Crippen molar-refractivity contribution in [2.24, 2.45) is 5.92 Å². The molecular formula is C15H20Cl2N2O3S. The maximum absolute atomic E-state index is 12.7. The summed E-state index contributed by atoms with van der Waals surface area (Å²) in [6.07, 6.45) is 1.87. The van der Waals surface area contributed by atoms with Gasteiger partial charge in [0.25, 0.3) is 0 Å². The highest BCUT2D eigenvalue weighted by Gasteiger charge is 2.34. The van der Waals surface area contributed by atoms with E-state index < -0.39 is 10.0 Å². The molecule has 5 nitrogen and oxygen atoms in total. The van der Waals surface area contributed by atoms with E-state index in [0.29, 0.717) is 19.4 Å². The molecule has 0 atom stereocenters. The molecule has 2 rings (SSSR count). The molecule has 1 aromatic carbocycles. The molecule has 1 fully saturated rings. The van der Waals surface area contributed by atoms with Crippen molar-refractivity contribution in [2.75, 3.05) is 19.6 Å². The summed E-state index contributed by atoms with van der Waals surface area (Å²) in [4.78, 5) is 11.9. The highest BCUT2D eigenvalue weighted by atomic mass is 35.5. The van der Waals surface area contributed by atoms with Crippen LogP contribution >= 0.6 is 23.2 Å². The second-order valence-electron chi connectivity index (χ2n) is 5.52. The number of hydrogen-bond acceptors (Lipinski definition) is 3. The van der Waals surface area contributed by atoms with Gasteiger partial charge in [0.15, 0.2) is 0 Å². The molecule has 1 heterocycles. The van der Waals surface area contributed by atoms with Crippen molar-refractivity contribution in [2.45, 2.75) is 31.1 Å². The Morgan fingerprint density at radius 2 is 1.83 bits per heavy atom. The van der Waals surface area contributed by atoms with Crippen LogP contribution in [0.2, 0.25) is 10.0 Å². The standard InChI is InChI=1S/C15H20Cl2N2O3S/c1-2-8-18-15(20)11-6-9-19(10-7-11)23(21,22)14-12(16)4-3-5-13(14)17/h3-5,11H,2,6-10H2,1H3,(H,18,20). The zero-order valence-electron chi connectivity index (χ0n) is 12.9. The first-order valence-electron chi connectivity index (χ1n) is 7.59. The van der Waals surface area contributed by atoms with E-state index in [1.807, 2.05) is 6.92 Å². The Morgan fingerprint density at radius 3 is 2.35 bits per heavy atom. The normalized spacial score (nSPS) is 17.2. The summed E-state index contributed by atoms with van der Waals surface area (Å²) in [6.45, 7) is 3.21. The summed E-state index contributed by atoms with van der Waals surface area (Å²) < 4.78 is 26.8. The average molecular weight is 379 g/mol. The minimum Gasteiger partial charge on any atom is -0.356 e. The molecule has 1 amide bonds. The van der Waals surface area contributed by atoms with Crippen molar-refractivity contribution in [3.05, 3.63) is 28.2 Å². The predicted octanol–water partition coefficient (Wildman–Crippen LogP) is 2.92. The second kappa shape index (κ2) is 7.83. The van der Waals surface area contributed by atoms with Crippen LogP contribution in [0.5, 0.6) is 0 Å². The number of halogens is 2. The van der Waals surface area contributed by atoms with E-state index >= 15 is 0 Å². The van der Waals surface area contributed by atoms with Crippen LogP contribution < -0.4 is 5.32 Å². The largest absolute Gasteiger partial charge is 0.356 e. The highest BCUT2D eigenvalue weighted by molar-refractivity contribution is 7.89. The van der Waals surface area contributed by atoms with Crippen LogP contribution in [0.15, 0.2) is 23.1 Å². The number of nitrogens with one attached hydrogen (secondary N) is 1. The van der Waals surface area contributed by atoms with E-state index in [0.717, 1.165) is 6.42 Å². The molecule has 0 unspecified atom stereocenters. The first kappa shape index (κ1) is 18.5. The lowest BCUT2D eigenvalue weighted by molar-refractivity contribution is -0.126. The molecule has 1 N–H and O–H groups in total. The summed E-state index contributed by atoms with van der Waals surface area (Å²) in [5.74, 6) is -0.144. The first-order chi connectivity index (χ1) is 10.9. The Labute approximate surface area is 147 Å². The molecule has 0 aromatic heterocycles. The van der Waals surface area contributed by atoms with Crippen LogP contribution in [0, 0.1) is 5.92 Å². The van der Waals surface area contributed by atoms with Crippen molar-refractivity contribution >= 4 is 39.1 Å². The lowest BCUT2D eigenvalue weighted by Gasteiger charge is -2.31. The Bertz CT molecular complexity index is 651. The topological polar surface area (TPSA) is 66.5 Å². The molecule has 128 valence electrons. The zero-order chi connectivity index (χ0) is 17.0. The molecule has 0 saturated carbocycles. The fourth-order valence-electron chi connectivity index (χ4n) is 2.61. The molecule has 1 aromatic rings. The van der Waals surface area contributed by atoms with Gasteiger partial charge in [0.1, 0.15) is 4.90 Å². The minimum absolute atomic E-state index is 0.000302. The number of rotatable bonds is 5. The van der Waals surface area contributed by atoms with Crippen molar-refractivity contribution in [3.63, 3.8) is 0 Å². The van der Waals surface area contributed by atoms with Crippen LogP contribution in [-0.2, 0) is 14.8 Å². The third-order valence-corrected chi connectivity index (χ3v) is 6.75. The quantitative estimate of drug-likeness (QED) is 0.856. The van der Waals surface area contributed by atoms with Gasteiger partial charge in [-0.2, -0.15) is 4.31 Å². The number of hydrogen-bond donors (Lipinski definition) is 1. The molecule has 0 spiro atoms. The zero-order valence-corrected chi connectivity index (χ0v) is 15.2. The molecular weight excluding hydrogens is 359 g/mol. The van der Waals surface area contributed by atoms with Crippen LogP contribution in [0.4, 0.5) is 0 Å². The summed E-state index contributed by atoms with van der Waals surface area (Å²) in [7, 11) is -3.75. The molecule has 0 radical (unpaired) electrons. The van der Waals surface area contributed by atoms with Gasteiger partial charge in [-0.15, -0.1) is 0 Å². The van der Waals surface area contributed by atoms with Crippen LogP contribution in [0.1, 0.15) is 26.2 Å². The summed E-state index contributed by atoms with van der Waals surface area (Å²) >= 11 is 12.0. The van der Waals surface area contributed by atoms with Crippen molar-refractivity contribution in [1.29, 1.82) is 0 Å². The number of benzene rings is 1. The molecule has 1 aliphatic rings. The average Bonchev–Trinajstić information content (AvgIpc) is 2.52. The summed E-state index contributed by atoms with van der Waals surface area (Å²) in [5, 5.41) is 3.08. The van der Waals surface area contributed by atoms with E-state index in [1.54, 1.807) is 6.07 Å². The van der Waals surface area contributed by atoms with E-state index in [2.05, 4.69) is 5.32 Å². The maximum atomic E-state index is 12.7. The van der Waals surface area contributed by atoms with Gasteiger partial charge in [-0.1, -0.05) is 36.2 Å². The Balaban J connectivity index is 2.09. The summed E-state index contributed by atoms with van der Waals surface area (Å²) in [6, 6.07) is 4.62. The number of sulfonamides is 1. The minimum atomic E-state index is -3.75. The SMILES string of the molecule is CCCNC(=O)C1CCN(S(=O)(=O)c2c(Cl)cccc2Cl)CC1. The predicted molar refractivity (Wildman–Crippen MR) is 91.2 cm³/mol. The Kier molecular flexibility index (Phi) is 6.31. The van der Waals surface area contributed by atoms with E-state index in [1.165, 1.54) is 16.4 Å². The molecule has 8 heteroatoms. The number of amides is 1. The highest BCUT2D eigenvalue weighted by Crippen LogP contribution is 2.33. The van der Waals surface area contributed by atoms with Crippen molar-refractivity contribution < 1.29 is 13.2 Å². The van der Waals surface area contributed by atoms with Gasteiger partial charge < -0.3 is 5.32 Å². The van der Waals surface area contributed by atoms with Crippen molar-refractivity contribution in [3.8, 4) is 0 Å². The third-order valence-electron chi connectivity index (χ3n) is 3.89. The molecule has 0 bridgehead atoms. The van der Waals surface area contributed by atoms with Crippen LogP contribution in [-0.4, -0.2) is 38.3 Å². The number of nitrogens with zero attached hydrogens (tertiary/aromatic N) is 1. The fraction of sp³-hybridized carbons (Fsp3) is 0.533. The van der Waals surface area contributed by atoms with Gasteiger partial charge in [0.05, 0.1) is 10.0 Å². The van der Waals surface area contributed by atoms with Crippen LogP contribution in [0.25, 0.3) is 0 Å². The van der Waals surface area contributed by atoms with Gasteiger partial charge in [-0.25, -0.2) is 8.42 Å². The number of piperidine rings is 1. The Hall–Kier alpha value is -0.820. The summed E-state index contributed by atoms with van der Waals surface area (Å²) in [5.41, 5.74) is 0. The van der Waals surface area contributed by atoms with Gasteiger partial charge in [0.2, 0.25) is 15.9 Å². The number of carbonyl (C=O) groups excluding carboxylic acids is 1.